The van der Waals surface area contributed by atoms with Crippen LogP contribution in [0, 0.1) is 11.8 Å². The van der Waals surface area contributed by atoms with Gasteiger partial charge in [0.2, 0.25) is 0 Å². The molecule has 4 heteroatoms. The number of aliphatic carboxylic acids is 1. The van der Waals surface area contributed by atoms with Gasteiger partial charge >= 0.3 is 5.97 Å². The predicted molar refractivity (Wildman–Crippen MR) is 55.0 cm³/mol. The summed E-state index contributed by atoms with van der Waals surface area (Å²) >= 11 is 1.41. The number of rotatable bonds is 6. The molecule has 0 rings (SSSR count). The van der Waals surface area contributed by atoms with Crippen molar-refractivity contribution in [1.29, 1.82) is 0 Å². The van der Waals surface area contributed by atoms with Gasteiger partial charge in [0, 0.05) is 6.61 Å². The number of hydrogen-bond acceptors (Lipinski definition) is 3. The number of carbonyl (C=O) groups is 1. The van der Waals surface area contributed by atoms with Crippen molar-refractivity contribution in [3.63, 3.8) is 0 Å². The van der Waals surface area contributed by atoms with E-state index < -0.39 is 5.97 Å². The number of aliphatic hydroxyl groups is 1. The van der Waals surface area contributed by atoms with Crippen molar-refractivity contribution < 1.29 is 15.0 Å². The topological polar surface area (TPSA) is 57.5 Å². The lowest BCUT2D eigenvalue weighted by Gasteiger charge is -2.17. The Labute approximate surface area is 83.5 Å². The minimum atomic E-state index is -0.759. The lowest BCUT2D eigenvalue weighted by molar-refractivity contribution is -0.137. The molecule has 0 saturated heterocycles. The first kappa shape index (κ1) is 12.8. The summed E-state index contributed by atoms with van der Waals surface area (Å²) in [4.78, 5) is 10.8. The fourth-order valence-electron chi connectivity index (χ4n) is 0.870. The van der Waals surface area contributed by atoms with Gasteiger partial charge in [0.05, 0.1) is 0 Å². The van der Waals surface area contributed by atoms with Crippen molar-refractivity contribution in [2.45, 2.75) is 26.0 Å². The molecule has 0 aliphatic rings. The van der Waals surface area contributed by atoms with E-state index >= 15 is 0 Å². The predicted octanol–water partition coefficient (Wildman–Crippen LogP) is 1.46. The number of hydrogen-bond donors (Lipinski definition) is 2. The van der Waals surface area contributed by atoms with Crippen molar-refractivity contribution in [1.82, 2.24) is 0 Å². The normalized spacial score (nSPS) is 15.8. The molecular formula is C9H18O3S. The first-order valence-corrected chi connectivity index (χ1v) is 5.49. The van der Waals surface area contributed by atoms with Crippen LogP contribution >= 0.6 is 11.8 Å². The van der Waals surface area contributed by atoms with Gasteiger partial charge < -0.3 is 10.2 Å². The second kappa shape index (κ2) is 6.27. The van der Waals surface area contributed by atoms with Crippen LogP contribution in [0.1, 0.15) is 20.8 Å². The van der Waals surface area contributed by atoms with Gasteiger partial charge in [-0.2, -0.15) is 0 Å². The molecule has 2 unspecified atom stereocenters. The average Bonchev–Trinajstić information content (AvgIpc) is 2.03. The molecule has 3 nitrogen and oxygen atoms in total. The Morgan fingerprint density at radius 1 is 1.38 bits per heavy atom. The number of carboxylic acid groups (broad SMARTS) is 1. The summed E-state index contributed by atoms with van der Waals surface area (Å²) in [6, 6.07) is 0. The summed E-state index contributed by atoms with van der Waals surface area (Å²) in [5, 5.41) is 17.3. The Morgan fingerprint density at radius 2 is 1.92 bits per heavy atom. The molecule has 0 aliphatic heterocycles. The first-order chi connectivity index (χ1) is 5.99. The molecule has 0 radical (unpaired) electrons. The zero-order valence-corrected chi connectivity index (χ0v) is 9.17. The van der Waals surface area contributed by atoms with Crippen LogP contribution in [0.2, 0.25) is 0 Å². The van der Waals surface area contributed by atoms with E-state index in [-0.39, 0.29) is 23.7 Å². The summed E-state index contributed by atoms with van der Waals surface area (Å²) in [6.07, 6.45) is 0. The molecule has 0 bridgehead atoms. The third-order valence-electron chi connectivity index (χ3n) is 1.72. The van der Waals surface area contributed by atoms with E-state index in [4.69, 9.17) is 10.2 Å². The molecule has 0 fully saturated rings. The molecule has 0 saturated carbocycles. The lowest BCUT2D eigenvalue weighted by Crippen LogP contribution is -2.24. The highest BCUT2D eigenvalue weighted by Crippen LogP contribution is 2.21. The third-order valence-corrected chi connectivity index (χ3v) is 3.59. The second-order valence-electron chi connectivity index (χ2n) is 3.62. The number of aliphatic hydroxyl groups excluding tert-OH is 1. The van der Waals surface area contributed by atoms with E-state index in [1.165, 1.54) is 11.8 Å². The molecule has 0 aliphatic carbocycles. The minimum absolute atomic E-state index is 0.122. The standard InChI is InChI=1S/C9H18O3S/c1-6(2)8(9(11)12)13-5-7(3)4-10/h6-8,10H,4-5H2,1-3H3,(H,11,12). The number of carboxylic acids is 1. The van der Waals surface area contributed by atoms with Gasteiger partial charge in [-0.05, 0) is 17.6 Å². The maximum atomic E-state index is 10.8. The highest BCUT2D eigenvalue weighted by atomic mass is 32.2. The van der Waals surface area contributed by atoms with Crippen LogP contribution in [0.25, 0.3) is 0 Å². The van der Waals surface area contributed by atoms with Crippen LogP contribution in [0.15, 0.2) is 0 Å². The van der Waals surface area contributed by atoms with E-state index in [2.05, 4.69) is 0 Å². The second-order valence-corrected chi connectivity index (χ2v) is 4.80. The van der Waals surface area contributed by atoms with E-state index in [9.17, 15) is 4.79 Å². The summed E-state index contributed by atoms with van der Waals surface area (Å²) in [7, 11) is 0. The van der Waals surface area contributed by atoms with Crippen molar-refractivity contribution in [3.05, 3.63) is 0 Å². The lowest BCUT2D eigenvalue weighted by atomic mass is 10.1. The molecule has 13 heavy (non-hydrogen) atoms. The molecule has 0 heterocycles. The molecular weight excluding hydrogens is 188 g/mol. The van der Waals surface area contributed by atoms with E-state index in [0.29, 0.717) is 5.75 Å². The van der Waals surface area contributed by atoms with Crippen LogP contribution < -0.4 is 0 Å². The van der Waals surface area contributed by atoms with Crippen LogP contribution in [-0.2, 0) is 4.79 Å². The molecule has 0 aromatic carbocycles. The highest BCUT2D eigenvalue weighted by Gasteiger charge is 2.22. The molecule has 2 N–H and O–H groups in total. The summed E-state index contributed by atoms with van der Waals surface area (Å²) in [5.41, 5.74) is 0. The van der Waals surface area contributed by atoms with Gasteiger partial charge in [0.15, 0.2) is 0 Å². The van der Waals surface area contributed by atoms with Gasteiger partial charge in [-0.15, -0.1) is 11.8 Å². The van der Waals surface area contributed by atoms with Crippen molar-refractivity contribution >= 4 is 17.7 Å². The van der Waals surface area contributed by atoms with E-state index in [0.717, 1.165) is 0 Å². The van der Waals surface area contributed by atoms with E-state index in [1.54, 1.807) is 0 Å². The van der Waals surface area contributed by atoms with Crippen molar-refractivity contribution in [2.75, 3.05) is 12.4 Å². The SMILES string of the molecule is CC(CO)CSC(C(=O)O)C(C)C. The zero-order chi connectivity index (χ0) is 10.4. The monoisotopic (exact) mass is 206 g/mol. The van der Waals surface area contributed by atoms with Gasteiger partial charge in [-0.3, -0.25) is 4.79 Å². The fourth-order valence-corrected chi connectivity index (χ4v) is 2.04. The van der Waals surface area contributed by atoms with Gasteiger partial charge in [-0.1, -0.05) is 20.8 Å². The number of thioether (sulfide) groups is 1. The molecule has 0 aromatic heterocycles. The molecule has 0 spiro atoms. The summed E-state index contributed by atoms with van der Waals surface area (Å²) in [5.74, 6) is 0.246. The molecule has 78 valence electrons. The van der Waals surface area contributed by atoms with Gasteiger partial charge in [0.1, 0.15) is 5.25 Å². The molecule has 0 aromatic rings. The quantitative estimate of drug-likeness (QED) is 0.690. The Bertz CT molecular complexity index is 159. The first-order valence-electron chi connectivity index (χ1n) is 4.44. The van der Waals surface area contributed by atoms with E-state index in [1.807, 2.05) is 20.8 Å². The van der Waals surface area contributed by atoms with Crippen LogP contribution in [0.4, 0.5) is 0 Å². The Morgan fingerprint density at radius 3 is 2.23 bits per heavy atom. The van der Waals surface area contributed by atoms with Crippen LogP contribution in [0.3, 0.4) is 0 Å². The Hall–Kier alpha value is -0.220. The largest absolute Gasteiger partial charge is 0.480 e. The Balaban J connectivity index is 3.90. The Kier molecular flexibility index (Phi) is 6.16. The van der Waals surface area contributed by atoms with Crippen LogP contribution in [0.5, 0.6) is 0 Å². The summed E-state index contributed by atoms with van der Waals surface area (Å²) < 4.78 is 0. The molecule has 0 amide bonds. The third kappa shape index (κ3) is 5.16. The molecule has 2 atom stereocenters. The fraction of sp³-hybridized carbons (Fsp3) is 0.889. The minimum Gasteiger partial charge on any atom is -0.480 e. The van der Waals surface area contributed by atoms with Crippen molar-refractivity contribution in [2.24, 2.45) is 11.8 Å². The van der Waals surface area contributed by atoms with Crippen molar-refractivity contribution in [3.8, 4) is 0 Å². The smallest absolute Gasteiger partial charge is 0.316 e. The average molecular weight is 206 g/mol. The summed E-state index contributed by atoms with van der Waals surface area (Å²) in [6.45, 7) is 5.83. The van der Waals surface area contributed by atoms with Gasteiger partial charge in [-0.25, -0.2) is 0 Å². The maximum Gasteiger partial charge on any atom is 0.316 e. The van der Waals surface area contributed by atoms with Gasteiger partial charge in [0.25, 0.3) is 0 Å². The maximum absolute atomic E-state index is 10.8. The highest BCUT2D eigenvalue weighted by molar-refractivity contribution is 8.00. The van der Waals surface area contributed by atoms with Crippen LogP contribution in [-0.4, -0.2) is 33.8 Å². The zero-order valence-electron chi connectivity index (χ0n) is 8.36.